The normalized spacial score (nSPS) is 27.0. The molecule has 0 aromatic carbocycles. The molecule has 0 spiro atoms. The van der Waals surface area contributed by atoms with Gasteiger partial charge in [0.2, 0.25) is 0 Å². The van der Waals surface area contributed by atoms with Crippen molar-refractivity contribution in [3.63, 3.8) is 0 Å². The minimum atomic E-state index is -1.03. The number of hydrogen-bond donors (Lipinski definition) is 2. The van der Waals surface area contributed by atoms with Crippen molar-refractivity contribution in [2.75, 3.05) is 0 Å². The Morgan fingerprint density at radius 2 is 1.74 bits per heavy atom. The number of ether oxygens (including phenoxy) is 1. The largest absolute Gasteiger partial charge is 0.480 e. The van der Waals surface area contributed by atoms with Gasteiger partial charge in [-0.2, -0.15) is 0 Å². The van der Waals surface area contributed by atoms with Crippen molar-refractivity contribution in [1.29, 1.82) is 0 Å². The van der Waals surface area contributed by atoms with Crippen LogP contribution >= 0.6 is 0 Å². The molecule has 210 valence electrons. The lowest BCUT2D eigenvalue weighted by atomic mass is 9.84. The Morgan fingerprint density at radius 1 is 1.05 bits per heavy atom. The van der Waals surface area contributed by atoms with E-state index in [1.54, 1.807) is 0 Å². The van der Waals surface area contributed by atoms with Crippen molar-refractivity contribution in [3.05, 3.63) is 27.9 Å². The van der Waals surface area contributed by atoms with E-state index in [1.807, 2.05) is 26.8 Å². The zero-order chi connectivity index (χ0) is 27.4. The molecule has 3 aliphatic carbocycles. The van der Waals surface area contributed by atoms with Gasteiger partial charge in [-0.05, 0) is 66.7 Å². The Hall–Kier alpha value is -2.21. The molecule has 3 unspecified atom stereocenters. The summed E-state index contributed by atoms with van der Waals surface area (Å²) in [7, 11) is 0. The fourth-order valence-corrected chi connectivity index (χ4v) is 6.51. The Bertz CT molecular complexity index is 1110. The molecule has 0 bridgehead atoms. The number of hydrogen-bond acceptors (Lipinski definition) is 4. The van der Waals surface area contributed by atoms with Crippen LogP contribution in [0, 0.1) is 23.2 Å². The molecule has 1 aromatic heterocycles. The first-order valence-electron chi connectivity index (χ1n) is 15.0. The number of carbonyl (C=O) groups excluding carboxylic acids is 1. The first-order valence-corrected chi connectivity index (χ1v) is 15.0. The Morgan fingerprint density at radius 3 is 2.34 bits per heavy atom. The summed E-state index contributed by atoms with van der Waals surface area (Å²) in [6, 6.07) is 0.844. The van der Waals surface area contributed by atoms with Gasteiger partial charge >= 0.3 is 5.97 Å². The van der Waals surface area contributed by atoms with E-state index < -0.39 is 23.3 Å². The van der Waals surface area contributed by atoms with Crippen LogP contribution in [0.5, 0.6) is 0 Å². The van der Waals surface area contributed by atoms with Gasteiger partial charge in [0.1, 0.15) is 11.7 Å². The highest BCUT2D eigenvalue weighted by molar-refractivity contribution is 5.95. The number of rotatable bonds is 8. The molecule has 0 saturated heterocycles. The fourth-order valence-electron chi connectivity index (χ4n) is 6.51. The first kappa shape index (κ1) is 28.8. The molecule has 1 amide bonds. The second kappa shape index (κ2) is 12.3. The quantitative estimate of drug-likeness (QED) is 0.500. The van der Waals surface area contributed by atoms with Crippen LogP contribution < -0.4 is 15.8 Å². The highest BCUT2D eigenvalue weighted by Gasteiger charge is 2.33. The fraction of sp³-hybridized carbons (Fsp3) is 0.719. The lowest BCUT2D eigenvalue weighted by Gasteiger charge is -2.32. The van der Waals surface area contributed by atoms with E-state index in [9.17, 15) is 14.7 Å². The van der Waals surface area contributed by atoms with Crippen LogP contribution in [0.15, 0.2) is 6.07 Å². The zero-order valence-corrected chi connectivity index (χ0v) is 24.1. The lowest BCUT2D eigenvalue weighted by molar-refractivity contribution is -0.142. The minimum absolute atomic E-state index is 0.00883. The standard InChI is InChI=1S/C32H48N2O4/c1-6-21-12-14-24(15-13-21)38-28-19-25-23(16-20(28)2)18-27(30(35)34-29(31(36)37)32(3,4)5)33-26(25)17-22-10-8-7-9-11-22/h16,18-22,24,28-29H,6-15,17H2,1-5H3,(H,34,35)(H,36,37). The van der Waals surface area contributed by atoms with Crippen molar-refractivity contribution >= 4 is 24.0 Å². The third-order valence-electron chi connectivity index (χ3n) is 9.01. The molecule has 0 aliphatic heterocycles. The molecular weight excluding hydrogens is 476 g/mol. The van der Waals surface area contributed by atoms with Gasteiger partial charge in [0.25, 0.3) is 5.91 Å². The van der Waals surface area contributed by atoms with E-state index in [4.69, 9.17) is 9.72 Å². The van der Waals surface area contributed by atoms with Crippen molar-refractivity contribution in [2.24, 2.45) is 23.2 Å². The highest BCUT2D eigenvalue weighted by Crippen LogP contribution is 2.31. The Kier molecular flexibility index (Phi) is 9.33. The smallest absolute Gasteiger partial charge is 0.326 e. The summed E-state index contributed by atoms with van der Waals surface area (Å²) in [5.74, 6) is 0.134. The second-order valence-electron chi connectivity index (χ2n) is 13.1. The number of aliphatic carboxylic acids is 1. The van der Waals surface area contributed by atoms with Crippen LogP contribution in [0.1, 0.15) is 115 Å². The summed E-state index contributed by atoms with van der Waals surface area (Å²) in [6.07, 6.45) is 17.8. The Balaban J connectivity index is 1.64. The molecule has 3 aliphatic rings. The monoisotopic (exact) mass is 524 g/mol. The molecule has 0 radical (unpaired) electrons. The van der Waals surface area contributed by atoms with Crippen LogP contribution in [0.4, 0.5) is 0 Å². The number of nitrogens with zero attached hydrogens (tertiary/aromatic N) is 1. The average molecular weight is 525 g/mol. The second-order valence-corrected chi connectivity index (χ2v) is 13.1. The van der Waals surface area contributed by atoms with Gasteiger partial charge < -0.3 is 15.2 Å². The predicted molar refractivity (Wildman–Crippen MR) is 151 cm³/mol. The summed E-state index contributed by atoms with van der Waals surface area (Å²) in [4.78, 5) is 30.1. The van der Waals surface area contributed by atoms with Crippen molar-refractivity contribution in [2.45, 2.75) is 123 Å². The molecular formula is C32H48N2O4. The molecule has 6 nitrogen and oxygen atoms in total. The van der Waals surface area contributed by atoms with E-state index in [-0.39, 0.29) is 12.0 Å². The van der Waals surface area contributed by atoms with Crippen molar-refractivity contribution in [1.82, 2.24) is 10.3 Å². The highest BCUT2D eigenvalue weighted by atomic mass is 16.5. The van der Waals surface area contributed by atoms with Gasteiger partial charge in [0, 0.05) is 16.8 Å². The number of carboxylic acid groups (broad SMARTS) is 1. The maximum atomic E-state index is 13.3. The number of fused-ring (bicyclic) bond motifs is 1. The van der Waals surface area contributed by atoms with E-state index >= 15 is 0 Å². The SMILES string of the molecule is CCC1CCC(OC2C=c3c(CC4CCCCC4)nc(C(=O)NC(C(=O)O)C(C)(C)C)cc3=CC2C)CC1. The van der Waals surface area contributed by atoms with E-state index in [0.29, 0.717) is 17.7 Å². The summed E-state index contributed by atoms with van der Waals surface area (Å²) in [6.45, 7) is 9.93. The van der Waals surface area contributed by atoms with Gasteiger partial charge in [-0.1, -0.05) is 79.2 Å². The molecule has 38 heavy (non-hydrogen) atoms. The topological polar surface area (TPSA) is 88.5 Å². The third-order valence-corrected chi connectivity index (χ3v) is 9.01. The molecule has 1 heterocycles. The predicted octanol–water partition coefficient (Wildman–Crippen LogP) is 5.00. The number of nitrogens with one attached hydrogen (secondary N) is 1. The number of carboxylic acids is 1. The van der Waals surface area contributed by atoms with Crippen molar-refractivity contribution in [3.8, 4) is 0 Å². The molecule has 2 N–H and O–H groups in total. The summed E-state index contributed by atoms with van der Waals surface area (Å²) >= 11 is 0. The Labute approximate surface area is 228 Å². The molecule has 4 rings (SSSR count). The van der Waals surface area contributed by atoms with Crippen molar-refractivity contribution < 1.29 is 19.4 Å². The number of amides is 1. The lowest BCUT2D eigenvalue weighted by Crippen LogP contribution is -2.50. The van der Waals surface area contributed by atoms with Crippen LogP contribution in [0.2, 0.25) is 0 Å². The van der Waals surface area contributed by atoms with Gasteiger partial charge in [0.05, 0.1) is 12.2 Å². The molecule has 2 fully saturated rings. The number of carbonyl (C=O) groups is 2. The summed E-state index contributed by atoms with van der Waals surface area (Å²) in [5.41, 5.74) is 0.642. The van der Waals surface area contributed by atoms with Gasteiger partial charge in [0.15, 0.2) is 0 Å². The zero-order valence-electron chi connectivity index (χ0n) is 24.1. The first-order chi connectivity index (χ1) is 18.0. The molecule has 3 atom stereocenters. The van der Waals surface area contributed by atoms with Crippen LogP contribution in [-0.2, 0) is 16.0 Å². The maximum Gasteiger partial charge on any atom is 0.326 e. The maximum absolute atomic E-state index is 13.3. The average Bonchev–Trinajstić information content (AvgIpc) is 2.88. The summed E-state index contributed by atoms with van der Waals surface area (Å²) in [5, 5.41) is 14.6. The van der Waals surface area contributed by atoms with Gasteiger partial charge in [-0.15, -0.1) is 0 Å². The minimum Gasteiger partial charge on any atom is -0.480 e. The van der Waals surface area contributed by atoms with Crippen LogP contribution in [-0.4, -0.2) is 40.2 Å². The molecule has 1 aromatic rings. The third kappa shape index (κ3) is 7.05. The molecule has 6 heteroatoms. The number of pyridine rings is 1. The van der Waals surface area contributed by atoms with E-state index in [0.717, 1.165) is 41.3 Å². The number of aromatic nitrogens is 1. The van der Waals surface area contributed by atoms with Gasteiger partial charge in [-0.25, -0.2) is 9.78 Å². The molecule has 2 saturated carbocycles. The van der Waals surface area contributed by atoms with Crippen LogP contribution in [0.25, 0.3) is 12.2 Å². The van der Waals surface area contributed by atoms with Crippen LogP contribution in [0.3, 0.4) is 0 Å². The summed E-state index contributed by atoms with van der Waals surface area (Å²) < 4.78 is 6.67. The van der Waals surface area contributed by atoms with Gasteiger partial charge in [-0.3, -0.25) is 4.79 Å². The van der Waals surface area contributed by atoms with E-state index in [2.05, 4.69) is 31.3 Å². The van der Waals surface area contributed by atoms with E-state index in [1.165, 1.54) is 51.4 Å².